The lowest BCUT2D eigenvalue weighted by Crippen LogP contribution is -2.52. The van der Waals surface area contributed by atoms with E-state index in [-0.39, 0.29) is 12.5 Å². The third kappa shape index (κ3) is 3.96. The van der Waals surface area contributed by atoms with Gasteiger partial charge in [-0.15, -0.1) is 0 Å². The lowest BCUT2D eigenvalue weighted by atomic mass is 10.1. The Kier molecular flexibility index (Phi) is 5.06. The van der Waals surface area contributed by atoms with E-state index < -0.39 is 0 Å². The van der Waals surface area contributed by atoms with Gasteiger partial charge in [0.25, 0.3) is 5.91 Å². The van der Waals surface area contributed by atoms with Crippen molar-refractivity contribution in [3.8, 4) is 11.5 Å². The second-order valence-corrected chi connectivity index (χ2v) is 6.43. The first-order chi connectivity index (χ1) is 11.2. The van der Waals surface area contributed by atoms with E-state index in [9.17, 15) is 4.79 Å². The number of ether oxygens (including phenoxy) is 2. The van der Waals surface area contributed by atoms with Crippen LogP contribution in [0.15, 0.2) is 24.3 Å². The molecule has 0 aromatic heterocycles. The molecule has 0 radical (unpaired) electrons. The number of benzene rings is 1. The van der Waals surface area contributed by atoms with Crippen LogP contribution in [-0.4, -0.2) is 61.6 Å². The van der Waals surface area contributed by atoms with Crippen molar-refractivity contribution in [2.45, 2.75) is 25.8 Å². The minimum Gasteiger partial charge on any atom is -0.493 e. The monoisotopic (exact) mass is 318 g/mol. The van der Waals surface area contributed by atoms with Crippen molar-refractivity contribution in [1.29, 1.82) is 0 Å². The standard InChI is InChI=1S/C18H26N2O3/c1-14(15-7-8-15)19-9-11-20(12-10-19)18(21)13-23-17-6-4-3-5-16(17)22-2/h3-6,14-15H,7-13H2,1-2H3. The highest BCUT2D eigenvalue weighted by molar-refractivity contribution is 5.78. The van der Waals surface area contributed by atoms with E-state index in [0.717, 1.165) is 32.1 Å². The topological polar surface area (TPSA) is 42.0 Å². The van der Waals surface area contributed by atoms with Gasteiger partial charge in [-0.2, -0.15) is 0 Å². The molecule has 3 rings (SSSR count). The number of hydrogen-bond acceptors (Lipinski definition) is 4. The Balaban J connectivity index is 1.46. The Morgan fingerprint density at radius 1 is 1.17 bits per heavy atom. The molecule has 0 spiro atoms. The lowest BCUT2D eigenvalue weighted by Gasteiger charge is -2.38. The molecule has 0 N–H and O–H groups in total. The van der Waals surface area contributed by atoms with Gasteiger partial charge in [0, 0.05) is 32.2 Å². The van der Waals surface area contributed by atoms with Gasteiger partial charge in [0.15, 0.2) is 18.1 Å². The summed E-state index contributed by atoms with van der Waals surface area (Å²) in [6, 6.07) is 8.07. The summed E-state index contributed by atoms with van der Waals surface area (Å²) in [5.74, 6) is 2.20. The normalized spacial score (nSPS) is 20.2. The fourth-order valence-electron chi connectivity index (χ4n) is 3.22. The number of methoxy groups -OCH3 is 1. The van der Waals surface area contributed by atoms with E-state index in [0.29, 0.717) is 17.5 Å². The van der Waals surface area contributed by atoms with Crippen LogP contribution in [0.5, 0.6) is 11.5 Å². The second kappa shape index (κ2) is 7.21. The summed E-state index contributed by atoms with van der Waals surface area (Å²) in [4.78, 5) is 16.8. The molecule has 1 aliphatic heterocycles. The molecule has 2 aliphatic rings. The molecule has 1 heterocycles. The van der Waals surface area contributed by atoms with E-state index >= 15 is 0 Å². The lowest BCUT2D eigenvalue weighted by molar-refractivity contribution is -0.135. The van der Waals surface area contributed by atoms with Crippen molar-refractivity contribution >= 4 is 5.91 Å². The number of carbonyl (C=O) groups excluding carboxylic acids is 1. The van der Waals surface area contributed by atoms with E-state index in [1.54, 1.807) is 7.11 Å². The van der Waals surface area contributed by atoms with Gasteiger partial charge in [0.1, 0.15) is 0 Å². The average Bonchev–Trinajstić information content (AvgIpc) is 3.44. The smallest absolute Gasteiger partial charge is 0.260 e. The summed E-state index contributed by atoms with van der Waals surface area (Å²) in [7, 11) is 1.60. The molecule has 2 fully saturated rings. The van der Waals surface area contributed by atoms with Gasteiger partial charge in [-0.3, -0.25) is 9.69 Å². The fourth-order valence-corrected chi connectivity index (χ4v) is 3.22. The molecule has 1 amide bonds. The molecule has 0 bridgehead atoms. The molecule has 1 atom stereocenters. The largest absolute Gasteiger partial charge is 0.493 e. The molecule has 1 aromatic rings. The van der Waals surface area contributed by atoms with E-state index in [1.165, 1.54) is 12.8 Å². The molecule has 1 aromatic carbocycles. The first-order valence-electron chi connectivity index (χ1n) is 8.46. The number of hydrogen-bond donors (Lipinski definition) is 0. The second-order valence-electron chi connectivity index (χ2n) is 6.43. The third-order valence-corrected chi connectivity index (χ3v) is 4.97. The van der Waals surface area contributed by atoms with Crippen molar-refractivity contribution < 1.29 is 14.3 Å². The number of rotatable bonds is 6. The first-order valence-corrected chi connectivity index (χ1v) is 8.46. The maximum atomic E-state index is 12.3. The van der Waals surface area contributed by atoms with Crippen molar-refractivity contribution in [1.82, 2.24) is 9.80 Å². The predicted molar refractivity (Wildman–Crippen MR) is 88.8 cm³/mol. The zero-order chi connectivity index (χ0) is 16.2. The maximum Gasteiger partial charge on any atom is 0.260 e. The predicted octanol–water partition coefficient (Wildman–Crippen LogP) is 2.02. The molecule has 1 saturated carbocycles. The zero-order valence-electron chi connectivity index (χ0n) is 14.0. The van der Waals surface area contributed by atoms with E-state index in [4.69, 9.17) is 9.47 Å². The van der Waals surface area contributed by atoms with E-state index in [2.05, 4.69) is 11.8 Å². The van der Waals surface area contributed by atoms with Crippen molar-refractivity contribution in [2.75, 3.05) is 39.9 Å². The fraction of sp³-hybridized carbons (Fsp3) is 0.611. The molecule has 1 saturated heterocycles. The summed E-state index contributed by atoms with van der Waals surface area (Å²) < 4.78 is 10.9. The third-order valence-electron chi connectivity index (χ3n) is 4.97. The SMILES string of the molecule is COc1ccccc1OCC(=O)N1CCN(C(C)C2CC2)CC1. The number of para-hydroxylation sites is 2. The van der Waals surface area contributed by atoms with Gasteiger partial charge in [0.05, 0.1) is 7.11 Å². The van der Waals surface area contributed by atoms with Crippen LogP contribution >= 0.6 is 0 Å². The van der Waals surface area contributed by atoms with Gasteiger partial charge in [-0.25, -0.2) is 0 Å². The molecule has 1 aliphatic carbocycles. The van der Waals surface area contributed by atoms with Crippen LogP contribution in [0.1, 0.15) is 19.8 Å². The van der Waals surface area contributed by atoms with Crippen molar-refractivity contribution in [3.63, 3.8) is 0 Å². The molecule has 5 heteroatoms. The average molecular weight is 318 g/mol. The van der Waals surface area contributed by atoms with Crippen molar-refractivity contribution in [2.24, 2.45) is 5.92 Å². The highest BCUT2D eigenvalue weighted by Crippen LogP contribution is 2.35. The summed E-state index contributed by atoms with van der Waals surface area (Å²) in [6.45, 7) is 5.92. The molecule has 126 valence electrons. The van der Waals surface area contributed by atoms with Gasteiger partial charge >= 0.3 is 0 Å². The van der Waals surface area contributed by atoms with Gasteiger partial charge in [0.2, 0.25) is 0 Å². The first kappa shape index (κ1) is 16.1. The van der Waals surface area contributed by atoms with Gasteiger partial charge < -0.3 is 14.4 Å². The molecule has 5 nitrogen and oxygen atoms in total. The summed E-state index contributed by atoms with van der Waals surface area (Å²) in [6.07, 6.45) is 2.74. The van der Waals surface area contributed by atoms with Crippen LogP contribution < -0.4 is 9.47 Å². The Bertz CT molecular complexity index is 537. The molecular weight excluding hydrogens is 292 g/mol. The highest BCUT2D eigenvalue weighted by atomic mass is 16.5. The van der Waals surface area contributed by atoms with Crippen LogP contribution in [0.2, 0.25) is 0 Å². The Morgan fingerprint density at radius 3 is 2.43 bits per heavy atom. The minimum atomic E-state index is 0.0506. The summed E-state index contributed by atoms with van der Waals surface area (Å²) in [5, 5.41) is 0. The quantitative estimate of drug-likeness (QED) is 0.805. The number of amides is 1. The zero-order valence-corrected chi connectivity index (χ0v) is 14.0. The Hall–Kier alpha value is -1.75. The summed E-state index contributed by atoms with van der Waals surface area (Å²) in [5.41, 5.74) is 0. The molecule has 1 unspecified atom stereocenters. The van der Waals surface area contributed by atoms with Gasteiger partial charge in [-0.05, 0) is 37.8 Å². The number of piperazine rings is 1. The maximum absolute atomic E-state index is 12.3. The highest BCUT2D eigenvalue weighted by Gasteiger charge is 2.33. The Morgan fingerprint density at radius 2 is 1.83 bits per heavy atom. The summed E-state index contributed by atoms with van der Waals surface area (Å²) >= 11 is 0. The van der Waals surface area contributed by atoms with Crippen LogP contribution in [0.4, 0.5) is 0 Å². The Labute approximate surface area is 138 Å². The minimum absolute atomic E-state index is 0.0506. The van der Waals surface area contributed by atoms with Crippen LogP contribution in [0, 0.1) is 5.92 Å². The van der Waals surface area contributed by atoms with Crippen LogP contribution in [0.3, 0.4) is 0 Å². The molecule has 23 heavy (non-hydrogen) atoms. The van der Waals surface area contributed by atoms with Crippen LogP contribution in [0.25, 0.3) is 0 Å². The van der Waals surface area contributed by atoms with Crippen molar-refractivity contribution in [3.05, 3.63) is 24.3 Å². The van der Waals surface area contributed by atoms with E-state index in [1.807, 2.05) is 29.2 Å². The number of nitrogens with zero attached hydrogens (tertiary/aromatic N) is 2. The molecular formula is C18H26N2O3. The van der Waals surface area contributed by atoms with Gasteiger partial charge in [-0.1, -0.05) is 12.1 Å². The van der Waals surface area contributed by atoms with Crippen LogP contribution in [-0.2, 0) is 4.79 Å². The number of carbonyl (C=O) groups is 1.